The van der Waals surface area contributed by atoms with Gasteiger partial charge in [0.15, 0.2) is 0 Å². The first-order valence-electron chi connectivity index (χ1n) is 5.82. The van der Waals surface area contributed by atoms with Crippen LogP contribution in [-0.2, 0) is 11.2 Å². The van der Waals surface area contributed by atoms with Crippen molar-refractivity contribution in [2.45, 2.75) is 26.3 Å². The zero-order valence-corrected chi connectivity index (χ0v) is 9.98. The Balaban J connectivity index is 2.34. The molecule has 1 aromatic carbocycles. The highest BCUT2D eigenvalue weighted by molar-refractivity contribution is 5.73. The Bertz CT molecular complexity index is 447. The van der Waals surface area contributed by atoms with Crippen molar-refractivity contribution in [3.05, 3.63) is 29.6 Å². The molecule has 0 spiro atoms. The van der Waals surface area contributed by atoms with Crippen LogP contribution in [0.4, 0.5) is 10.1 Å². The number of benzene rings is 1. The van der Waals surface area contributed by atoms with Crippen LogP contribution in [0.2, 0.25) is 0 Å². The molecule has 1 aromatic rings. The summed E-state index contributed by atoms with van der Waals surface area (Å²) >= 11 is 0. The third-order valence-electron chi connectivity index (χ3n) is 3.49. The highest BCUT2D eigenvalue weighted by atomic mass is 19.1. The summed E-state index contributed by atoms with van der Waals surface area (Å²) in [5.74, 6) is -1.52. The van der Waals surface area contributed by atoms with Gasteiger partial charge in [0.2, 0.25) is 0 Å². The van der Waals surface area contributed by atoms with Gasteiger partial charge in [-0.25, -0.2) is 4.39 Å². The smallest absolute Gasteiger partial charge is 0.308 e. The standard InChI is InChI=1S/C13H16FNO2/c1-3-15-11-5-4-10(14)6-9(11)7-12(15)8(2)13(16)17/h4-6,8,12H,3,7H2,1-2H3,(H,16,17). The second-order valence-electron chi connectivity index (χ2n) is 4.46. The Morgan fingerprint density at radius 2 is 2.35 bits per heavy atom. The van der Waals surface area contributed by atoms with Crippen LogP contribution >= 0.6 is 0 Å². The van der Waals surface area contributed by atoms with Crippen molar-refractivity contribution in [2.24, 2.45) is 5.92 Å². The van der Waals surface area contributed by atoms with Gasteiger partial charge in [-0.05, 0) is 44.0 Å². The summed E-state index contributed by atoms with van der Waals surface area (Å²) in [6, 6.07) is 4.60. The van der Waals surface area contributed by atoms with E-state index in [4.69, 9.17) is 5.11 Å². The molecule has 0 saturated heterocycles. The highest BCUT2D eigenvalue weighted by Gasteiger charge is 2.35. The lowest BCUT2D eigenvalue weighted by molar-refractivity contribution is -0.141. The molecule has 0 aromatic heterocycles. The highest BCUT2D eigenvalue weighted by Crippen LogP contribution is 2.35. The second kappa shape index (κ2) is 4.35. The first-order chi connectivity index (χ1) is 8.04. The molecule has 1 N–H and O–H groups in total. The van der Waals surface area contributed by atoms with Gasteiger partial charge in [-0.2, -0.15) is 0 Å². The van der Waals surface area contributed by atoms with Crippen LogP contribution in [0.15, 0.2) is 18.2 Å². The Labute approximate surface area is 99.9 Å². The molecule has 0 bridgehead atoms. The van der Waals surface area contributed by atoms with E-state index in [1.165, 1.54) is 12.1 Å². The lowest BCUT2D eigenvalue weighted by atomic mass is 9.98. The number of hydrogen-bond donors (Lipinski definition) is 1. The van der Waals surface area contributed by atoms with Crippen LogP contribution in [0, 0.1) is 11.7 Å². The van der Waals surface area contributed by atoms with Crippen molar-refractivity contribution in [2.75, 3.05) is 11.4 Å². The maximum atomic E-state index is 13.1. The number of fused-ring (bicyclic) bond motifs is 1. The summed E-state index contributed by atoms with van der Waals surface area (Å²) < 4.78 is 13.1. The van der Waals surface area contributed by atoms with E-state index in [-0.39, 0.29) is 11.9 Å². The number of hydrogen-bond acceptors (Lipinski definition) is 2. The summed E-state index contributed by atoms with van der Waals surface area (Å²) in [6.45, 7) is 4.43. The number of rotatable bonds is 3. The van der Waals surface area contributed by atoms with Gasteiger partial charge in [0, 0.05) is 18.3 Å². The van der Waals surface area contributed by atoms with E-state index in [9.17, 15) is 9.18 Å². The van der Waals surface area contributed by atoms with Crippen molar-refractivity contribution in [3.8, 4) is 0 Å². The quantitative estimate of drug-likeness (QED) is 0.876. The number of halogens is 1. The van der Waals surface area contributed by atoms with Crippen LogP contribution in [0.3, 0.4) is 0 Å². The molecule has 0 amide bonds. The van der Waals surface area contributed by atoms with E-state index in [2.05, 4.69) is 0 Å². The van der Waals surface area contributed by atoms with Crippen molar-refractivity contribution in [1.82, 2.24) is 0 Å². The summed E-state index contributed by atoms with van der Waals surface area (Å²) in [4.78, 5) is 13.1. The lowest BCUT2D eigenvalue weighted by Gasteiger charge is -2.28. The number of carboxylic acids is 1. The zero-order valence-electron chi connectivity index (χ0n) is 9.98. The van der Waals surface area contributed by atoms with Gasteiger partial charge in [0.25, 0.3) is 0 Å². The van der Waals surface area contributed by atoms with E-state index in [0.717, 1.165) is 17.8 Å². The van der Waals surface area contributed by atoms with E-state index in [0.29, 0.717) is 6.42 Å². The van der Waals surface area contributed by atoms with E-state index in [1.807, 2.05) is 11.8 Å². The largest absolute Gasteiger partial charge is 0.481 e. The monoisotopic (exact) mass is 237 g/mol. The van der Waals surface area contributed by atoms with Crippen molar-refractivity contribution >= 4 is 11.7 Å². The molecule has 0 saturated carbocycles. The van der Waals surface area contributed by atoms with Gasteiger partial charge in [0.1, 0.15) is 5.82 Å². The lowest BCUT2D eigenvalue weighted by Crippen LogP contribution is -2.40. The molecule has 0 radical (unpaired) electrons. The molecular formula is C13H16FNO2. The van der Waals surface area contributed by atoms with Gasteiger partial charge in [-0.15, -0.1) is 0 Å². The fourth-order valence-electron chi connectivity index (χ4n) is 2.53. The van der Waals surface area contributed by atoms with Gasteiger partial charge >= 0.3 is 5.97 Å². The topological polar surface area (TPSA) is 40.5 Å². The minimum atomic E-state index is -0.804. The van der Waals surface area contributed by atoms with Crippen LogP contribution in [-0.4, -0.2) is 23.7 Å². The molecular weight excluding hydrogens is 221 g/mol. The second-order valence-corrected chi connectivity index (χ2v) is 4.46. The number of carbonyl (C=O) groups is 1. The average Bonchev–Trinajstić information content (AvgIpc) is 2.64. The zero-order chi connectivity index (χ0) is 12.6. The first-order valence-corrected chi connectivity index (χ1v) is 5.82. The van der Waals surface area contributed by atoms with E-state index in [1.54, 1.807) is 13.0 Å². The minimum Gasteiger partial charge on any atom is -0.481 e. The van der Waals surface area contributed by atoms with E-state index < -0.39 is 11.9 Å². The van der Waals surface area contributed by atoms with Crippen LogP contribution in [0.1, 0.15) is 19.4 Å². The molecule has 2 atom stereocenters. The van der Waals surface area contributed by atoms with Crippen molar-refractivity contribution in [1.29, 1.82) is 0 Å². The molecule has 2 unspecified atom stereocenters. The molecule has 4 heteroatoms. The fraction of sp³-hybridized carbons (Fsp3) is 0.462. The Morgan fingerprint density at radius 3 is 2.94 bits per heavy atom. The van der Waals surface area contributed by atoms with Crippen LogP contribution < -0.4 is 4.90 Å². The molecule has 1 heterocycles. The third-order valence-corrected chi connectivity index (χ3v) is 3.49. The minimum absolute atomic E-state index is 0.0747. The van der Waals surface area contributed by atoms with Crippen molar-refractivity contribution in [3.63, 3.8) is 0 Å². The maximum absolute atomic E-state index is 13.1. The molecule has 0 aliphatic carbocycles. The van der Waals surface area contributed by atoms with Crippen molar-refractivity contribution < 1.29 is 14.3 Å². The van der Waals surface area contributed by atoms with Crippen LogP contribution in [0.5, 0.6) is 0 Å². The summed E-state index contributed by atoms with van der Waals surface area (Å²) in [7, 11) is 0. The van der Waals surface area contributed by atoms with Gasteiger partial charge in [0.05, 0.1) is 5.92 Å². The summed E-state index contributed by atoms with van der Waals surface area (Å²) in [5, 5.41) is 9.09. The number of nitrogens with zero attached hydrogens (tertiary/aromatic N) is 1. The summed E-state index contributed by atoms with van der Waals surface area (Å²) in [6.07, 6.45) is 0.606. The molecule has 3 nitrogen and oxygen atoms in total. The Hall–Kier alpha value is -1.58. The Morgan fingerprint density at radius 1 is 1.65 bits per heavy atom. The fourth-order valence-corrected chi connectivity index (χ4v) is 2.53. The SMILES string of the molecule is CCN1c2ccc(F)cc2CC1C(C)C(=O)O. The predicted octanol–water partition coefficient (Wildman–Crippen LogP) is 2.30. The average molecular weight is 237 g/mol. The first kappa shape index (κ1) is 11.9. The van der Waals surface area contributed by atoms with Gasteiger partial charge < -0.3 is 10.0 Å². The molecule has 0 fully saturated rings. The molecule has 1 aliphatic heterocycles. The number of aliphatic carboxylic acids is 1. The molecule has 17 heavy (non-hydrogen) atoms. The molecule has 1 aliphatic rings. The number of carboxylic acid groups (broad SMARTS) is 1. The molecule has 2 rings (SSSR count). The Kier molecular flexibility index (Phi) is 3.05. The van der Waals surface area contributed by atoms with Gasteiger partial charge in [-0.3, -0.25) is 4.79 Å². The maximum Gasteiger partial charge on any atom is 0.308 e. The normalized spacial score (nSPS) is 20.2. The number of anilines is 1. The number of likely N-dealkylation sites (N-methyl/N-ethyl adjacent to an activating group) is 1. The van der Waals surface area contributed by atoms with Gasteiger partial charge in [-0.1, -0.05) is 0 Å². The molecule has 92 valence electrons. The third kappa shape index (κ3) is 1.99. The predicted molar refractivity (Wildman–Crippen MR) is 63.7 cm³/mol. The summed E-state index contributed by atoms with van der Waals surface area (Å²) in [5.41, 5.74) is 1.87. The van der Waals surface area contributed by atoms with E-state index >= 15 is 0 Å². The van der Waals surface area contributed by atoms with Crippen LogP contribution in [0.25, 0.3) is 0 Å².